The summed E-state index contributed by atoms with van der Waals surface area (Å²) in [6.07, 6.45) is 4.18. The molecule has 10 nitrogen and oxygen atoms in total. The van der Waals surface area contributed by atoms with Crippen LogP contribution in [0.5, 0.6) is 17.2 Å². The summed E-state index contributed by atoms with van der Waals surface area (Å²) in [4.78, 5) is 18.9. The second-order valence-corrected chi connectivity index (χ2v) is 14.7. The number of sulfonamides is 1. The molecule has 5 rings (SSSR count). The van der Waals surface area contributed by atoms with Gasteiger partial charge in [0.15, 0.2) is 5.13 Å². The number of halogens is 1. The molecule has 0 saturated carbocycles. The average Bonchev–Trinajstić information content (AvgIpc) is 3.58. The molecule has 2 aliphatic rings. The molecular weight excluding hydrogens is 614 g/mol. The van der Waals surface area contributed by atoms with Crippen molar-refractivity contribution in [2.24, 2.45) is 0 Å². The van der Waals surface area contributed by atoms with E-state index in [-0.39, 0.29) is 40.7 Å². The first-order chi connectivity index (χ1) is 20.4. The van der Waals surface area contributed by atoms with Crippen molar-refractivity contribution in [2.75, 3.05) is 18.5 Å². The number of hydrogen-bond acceptors (Lipinski definition) is 9. The number of nitrogens with zero attached hydrogens (tertiary/aromatic N) is 3. The Balaban J connectivity index is 1.34. The van der Waals surface area contributed by atoms with E-state index in [1.165, 1.54) is 34.9 Å². The number of hydrogen-bond donors (Lipinski definition) is 0. The van der Waals surface area contributed by atoms with Gasteiger partial charge in [-0.1, -0.05) is 11.6 Å². The van der Waals surface area contributed by atoms with E-state index in [1.54, 1.807) is 43.0 Å². The summed E-state index contributed by atoms with van der Waals surface area (Å²) < 4.78 is 51.9. The van der Waals surface area contributed by atoms with Crippen LogP contribution in [-0.4, -0.2) is 62.4 Å². The third-order valence-electron chi connectivity index (χ3n) is 7.52. The molecule has 0 N–H and O–H groups in total. The number of thiazole rings is 1. The van der Waals surface area contributed by atoms with Crippen LogP contribution < -0.4 is 18.5 Å². The summed E-state index contributed by atoms with van der Waals surface area (Å²) in [6.45, 7) is 5.57. The number of carbonyl (C=O) groups excluding carboxylic acids is 1. The summed E-state index contributed by atoms with van der Waals surface area (Å²) in [5.41, 5.74) is 0.0791. The van der Waals surface area contributed by atoms with Crippen molar-refractivity contribution in [3.63, 3.8) is 0 Å². The molecule has 3 aromatic rings. The minimum Gasteiger partial charge on any atom is -0.497 e. The number of aromatic nitrogens is 1. The van der Waals surface area contributed by atoms with Gasteiger partial charge < -0.3 is 23.8 Å². The number of fused-ring (bicyclic) bond motifs is 2. The molecule has 2 saturated heterocycles. The predicted molar refractivity (Wildman–Crippen MR) is 165 cm³/mol. The van der Waals surface area contributed by atoms with Crippen LogP contribution >= 0.6 is 22.9 Å². The fraction of sp³-hybridized carbons (Fsp3) is 0.467. The number of piperidine rings is 1. The second-order valence-electron chi connectivity index (χ2n) is 11.6. The molecule has 2 bridgehead atoms. The molecule has 0 unspecified atom stereocenters. The van der Waals surface area contributed by atoms with Crippen LogP contribution in [0.1, 0.15) is 52.0 Å². The molecule has 0 radical (unpaired) electrons. The Hall–Kier alpha value is -3.22. The van der Waals surface area contributed by atoms with E-state index in [1.807, 2.05) is 25.7 Å². The number of methoxy groups -OCH3 is 2. The fourth-order valence-corrected chi connectivity index (χ4v) is 8.20. The highest BCUT2D eigenvalue weighted by Gasteiger charge is 2.45. The van der Waals surface area contributed by atoms with Crippen LogP contribution in [-0.2, 0) is 21.3 Å². The Labute approximate surface area is 261 Å². The molecule has 232 valence electrons. The maximum Gasteiger partial charge on any atom is 0.410 e. The van der Waals surface area contributed by atoms with Crippen molar-refractivity contribution < 1.29 is 32.2 Å². The van der Waals surface area contributed by atoms with Gasteiger partial charge in [0.05, 0.1) is 30.7 Å². The van der Waals surface area contributed by atoms with Crippen molar-refractivity contribution in [3.05, 3.63) is 58.6 Å². The number of ether oxygens (including phenoxy) is 4. The zero-order valence-corrected chi connectivity index (χ0v) is 27.2. The SMILES string of the molecule is COc1ccc(CN(c2nccs2)S(=O)(=O)c2ccc(O[C@@H]3C[C@H]4CC[C@@H](C3)N4C(=O)OC(C)(C)C)c(Cl)c2)c(OC)c1. The Morgan fingerprint density at radius 1 is 1.07 bits per heavy atom. The number of benzene rings is 2. The topological polar surface area (TPSA) is 108 Å². The Bertz CT molecular complexity index is 1550. The van der Waals surface area contributed by atoms with Gasteiger partial charge in [0.2, 0.25) is 0 Å². The van der Waals surface area contributed by atoms with Crippen LogP contribution in [0, 0.1) is 0 Å². The van der Waals surface area contributed by atoms with E-state index < -0.39 is 15.6 Å². The number of amides is 1. The third kappa shape index (κ3) is 6.81. The zero-order chi connectivity index (χ0) is 30.9. The highest BCUT2D eigenvalue weighted by molar-refractivity contribution is 7.93. The third-order valence-corrected chi connectivity index (χ3v) is 10.5. The molecule has 2 fully saturated rings. The molecule has 1 aromatic heterocycles. The summed E-state index contributed by atoms with van der Waals surface area (Å²) in [5, 5.41) is 2.21. The van der Waals surface area contributed by atoms with Gasteiger partial charge in [-0.15, -0.1) is 11.3 Å². The van der Waals surface area contributed by atoms with Crippen molar-refractivity contribution in [1.29, 1.82) is 0 Å². The molecule has 13 heteroatoms. The first-order valence-electron chi connectivity index (χ1n) is 14.0. The monoisotopic (exact) mass is 649 g/mol. The summed E-state index contributed by atoms with van der Waals surface area (Å²) in [6, 6.07) is 9.75. The van der Waals surface area contributed by atoms with Crippen molar-refractivity contribution >= 4 is 44.2 Å². The number of carbonyl (C=O) groups is 1. The van der Waals surface area contributed by atoms with Crippen LogP contribution in [0.4, 0.5) is 9.93 Å². The van der Waals surface area contributed by atoms with Gasteiger partial charge in [0.1, 0.15) is 29.0 Å². The van der Waals surface area contributed by atoms with Crippen molar-refractivity contribution in [1.82, 2.24) is 9.88 Å². The lowest BCUT2D eigenvalue weighted by Crippen LogP contribution is -2.50. The average molecular weight is 650 g/mol. The van der Waals surface area contributed by atoms with E-state index in [2.05, 4.69) is 4.98 Å². The smallest absolute Gasteiger partial charge is 0.410 e. The predicted octanol–water partition coefficient (Wildman–Crippen LogP) is 6.52. The first-order valence-corrected chi connectivity index (χ1v) is 16.7. The minimum atomic E-state index is -4.08. The van der Waals surface area contributed by atoms with Crippen molar-refractivity contribution in [2.45, 2.75) is 81.7 Å². The van der Waals surface area contributed by atoms with Crippen molar-refractivity contribution in [3.8, 4) is 17.2 Å². The van der Waals surface area contributed by atoms with E-state index in [0.717, 1.165) is 12.8 Å². The summed E-state index contributed by atoms with van der Waals surface area (Å²) in [5.74, 6) is 1.48. The molecule has 1 amide bonds. The first kappa shape index (κ1) is 31.2. The number of anilines is 1. The van der Waals surface area contributed by atoms with Gasteiger partial charge in [-0.2, -0.15) is 0 Å². The Morgan fingerprint density at radius 3 is 2.37 bits per heavy atom. The molecule has 2 aromatic carbocycles. The largest absolute Gasteiger partial charge is 0.497 e. The number of rotatable bonds is 9. The molecule has 0 spiro atoms. The van der Waals surface area contributed by atoms with E-state index in [9.17, 15) is 13.2 Å². The fourth-order valence-electron chi connectivity index (χ4n) is 5.61. The van der Waals surface area contributed by atoms with Crippen LogP contribution in [0.3, 0.4) is 0 Å². The maximum atomic E-state index is 14.0. The van der Waals surface area contributed by atoms with E-state index >= 15 is 0 Å². The zero-order valence-electron chi connectivity index (χ0n) is 24.8. The van der Waals surface area contributed by atoms with Gasteiger partial charge in [-0.05, 0) is 63.9 Å². The van der Waals surface area contributed by atoms with Gasteiger partial charge in [0, 0.05) is 48.1 Å². The summed E-state index contributed by atoms with van der Waals surface area (Å²) >= 11 is 7.84. The highest BCUT2D eigenvalue weighted by atomic mass is 35.5. The molecular formula is C30H36ClN3O7S2. The van der Waals surface area contributed by atoms with E-state index in [4.69, 9.17) is 30.5 Å². The second kappa shape index (κ2) is 12.4. The Kier molecular flexibility index (Phi) is 9.01. The van der Waals surface area contributed by atoms with Gasteiger partial charge in [-0.3, -0.25) is 0 Å². The lowest BCUT2D eigenvalue weighted by atomic mass is 10.00. The standard InChI is InChI=1S/C30H36ClN3O7S2/c1-30(2,3)41-29(35)34-20-7-8-21(34)15-23(14-20)40-26-11-10-24(17-25(26)31)43(36,37)33(28-32-12-13-42-28)18-19-6-9-22(38-4)16-27(19)39-5/h6,9-13,16-17,20-21,23H,7-8,14-15,18H2,1-5H3/t20-,21+,23-. The van der Waals surface area contributed by atoms with Crippen LogP contribution in [0.15, 0.2) is 52.9 Å². The molecule has 0 aliphatic carbocycles. The van der Waals surface area contributed by atoms with Gasteiger partial charge >= 0.3 is 6.09 Å². The highest BCUT2D eigenvalue weighted by Crippen LogP contribution is 2.40. The van der Waals surface area contributed by atoms with Gasteiger partial charge in [0.25, 0.3) is 10.0 Å². The normalized spacial score (nSPS) is 20.0. The molecule has 43 heavy (non-hydrogen) atoms. The minimum absolute atomic E-state index is 0.00680. The summed E-state index contributed by atoms with van der Waals surface area (Å²) in [7, 11) is -1.01. The maximum absolute atomic E-state index is 14.0. The van der Waals surface area contributed by atoms with E-state index in [0.29, 0.717) is 40.8 Å². The van der Waals surface area contributed by atoms with Crippen LogP contribution in [0.2, 0.25) is 5.02 Å². The lowest BCUT2D eigenvalue weighted by Gasteiger charge is -2.39. The molecule has 3 heterocycles. The van der Waals surface area contributed by atoms with Crippen LogP contribution in [0.25, 0.3) is 0 Å². The Morgan fingerprint density at radius 2 is 1.79 bits per heavy atom. The molecule has 2 aliphatic heterocycles. The lowest BCUT2D eigenvalue weighted by molar-refractivity contribution is -0.00707. The van der Waals surface area contributed by atoms with Gasteiger partial charge in [-0.25, -0.2) is 22.5 Å². The molecule has 3 atom stereocenters. The quantitative estimate of drug-likeness (QED) is 0.258.